The van der Waals surface area contributed by atoms with Crippen LogP contribution in [0.3, 0.4) is 0 Å². The smallest absolute Gasteiger partial charge is 0.114 e. The van der Waals surface area contributed by atoms with E-state index in [1.807, 2.05) is 17.4 Å². The van der Waals surface area contributed by atoms with Crippen molar-refractivity contribution < 1.29 is 0 Å². The van der Waals surface area contributed by atoms with Gasteiger partial charge in [-0.25, -0.2) is 0 Å². The Morgan fingerprint density at radius 2 is 1.80 bits per heavy atom. The van der Waals surface area contributed by atoms with Crippen molar-refractivity contribution in [2.24, 2.45) is 4.99 Å². The average molecular weight is 302 g/mol. The Bertz CT molecular complexity index is 609. The van der Waals surface area contributed by atoms with E-state index < -0.39 is 7.22 Å². The quantitative estimate of drug-likeness (QED) is 0.468. The monoisotopic (exact) mass is 301 g/mol. The molecule has 106 valence electrons. The fourth-order valence-corrected chi connectivity index (χ4v) is 5.72. The largest absolute Gasteiger partial charge is 0.261 e. The first kappa shape index (κ1) is 15.3. The minimum atomic E-state index is -1.21. The van der Waals surface area contributed by atoms with Gasteiger partial charge in [0.15, 0.2) is 0 Å². The van der Waals surface area contributed by atoms with Crippen molar-refractivity contribution in [2.75, 3.05) is 0 Å². The Balaban J connectivity index is 2.52. The van der Waals surface area contributed by atoms with E-state index in [-0.39, 0.29) is 0 Å². The lowest BCUT2D eigenvalue weighted by molar-refractivity contribution is 1.01. The van der Waals surface area contributed by atoms with Gasteiger partial charge >= 0.3 is 0 Å². The van der Waals surface area contributed by atoms with Gasteiger partial charge in [-0.15, -0.1) is 0 Å². The average Bonchev–Trinajstić information content (AvgIpc) is 2.37. The fraction of sp³-hybridized carbons (Fsp3) is 0.353. The van der Waals surface area contributed by atoms with Gasteiger partial charge in [0, 0.05) is 16.5 Å². The first-order valence-electron chi connectivity index (χ1n) is 7.24. The lowest BCUT2D eigenvalue weighted by atomic mass is 10.1. The van der Waals surface area contributed by atoms with Gasteiger partial charge in [0.05, 0.1) is 5.69 Å². The van der Waals surface area contributed by atoms with Crippen molar-refractivity contribution in [2.45, 2.75) is 44.3 Å². The summed E-state index contributed by atoms with van der Waals surface area (Å²) in [5, 5.41) is 2.61. The van der Waals surface area contributed by atoms with Gasteiger partial charge < -0.3 is 0 Å². The summed E-state index contributed by atoms with van der Waals surface area (Å²) < 4.78 is 0. The molecule has 0 amide bonds. The minimum Gasteiger partial charge on any atom is -0.261 e. The van der Waals surface area contributed by atoms with Crippen molar-refractivity contribution in [3.63, 3.8) is 0 Å². The second-order valence-corrected chi connectivity index (χ2v) is 15.1. The molecule has 2 aromatic carbocycles. The molecule has 1 nitrogen and oxygen atoms in total. The maximum Gasteiger partial charge on any atom is 0.114 e. The molecule has 0 aliphatic carbocycles. The summed E-state index contributed by atoms with van der Waals surface area (Å²) in [6.45, 7) is 9.35. The zero-order valence-corrected chi connectivity index (χ0v) is 14.6. The highest BCUT2D eigenvalue weighted by molar-refractivity contribution is 8.28. The number of benzene rings is 2. The fourth-order valence-electron chi connectivity index (χ4n) is 2.10. The number of rotatable bonds is 5. The predicted octanol–water partition coefficient (Wildman–Crippen LogP) is 6.27. The Hall–Kier alpha value is -1.06. The van der Waals surface area contributed by atoms with E-state index in [0.29, 0.717) is 0 Å². The van der Waals surface area contributed by atoms with Gasteiger partial charge in [0.1, 0.15) is 7.22 Å². The molecule has 0 heterocycles. The number of fused-ring (bicyclic) bond motifs is 1. The van der Waals surface area contributed by atoms with Crippen LogP contribution in [0.15, 0.2) is 46.3 Å². The molecule has 0 spiro atoms. The highest BCUT2D eigenvalue weighted by Crippen LogP contribution is 2.38. The van der Waals surface area contributed by atoms with Crippen molar-refractivity contribution in [3.05, 3.63) is 36.4 Å². The van der Waals surface area contributed by atoms with Crippen molar-refractivity contribution in [3.8, 4) is 0 Å². The molecule has 0 saturated heterocycles. The molecule has 3 heteroatoms. The van der Waals surface area contributed by atoms with Crippen LogP contribution in [-0.4, -0.2) is 13.4 Å². The van der Waals surface area contributed by atoms with E-state index >= 15 is 0 Å². The number of nitrogens with zero attached hydrogens (tertiary/aromatic N) is 1. The van der Waals surface area contributed by atoms with Crippen LogP contribution in [0.4, 0.5) is 5.69 Å². The number of unbranched alkanes of at least 4 members (excludes halogenated alkanes) is 1. The molecule has 0 aliphatic heterocycles. The molecule has 0 bridgehead atoms. The highest BCUT2D eigenvalue weighted by Gasteiger charge is 2.17. The van der Waals surface area contributed by atoms with Gasteiger partial charge in [-0.3, -0.25) is 4.99 Å². The first-order valence-corrected chi connectivity index (χ1v) is 12.3. The zero-order valence-electron chi connectivity index (χ0n) is 12.8. The Morgan fingerprint density at radius 1 is 1.10 bits per heavy atom. The summed E-state index contributed by atoms with van der Waals surface area (Å²) >= 11 is 2.05. The van der Waals surface area contributed by atoms with E-state index in [9.17, 15) is 0 Å². The van der Waals surface area contributed by atoms with E-state index in [2.05, 4.69) is 63.0 Å². The van der Waals surface area contributed by atoms with Crippen LogP contribution in [0.1, 0.15) is 19.8 Å². The van der Waals surface area contributed by atoms with Crippen LogP contribution in [-0.2, 0) is 0 Å². The van der Waals surface area contributed by atoms with Gasteiger partial charge in [-0.2, -0.15) is 11.2 Å². The van der Waals surface area contributed by atoms with Crippen LogP contribution in [0, 0.1) is 0 Å². The summed E-state index contributed by atoms with van der Waals surface area (Å²) in [4.78, 5) is 6.07. The van der Waals surface area contributed by atoms with E-state index in [4.69, 9.17) is 4.99 Å². The molecular weight excluding hydrogens is 278 g/mol. The van der Waals surface area contributed by atoms with Gasteiger partial charge in [0.2, 0.25) is 0 Å². The third kappa shape index (κ3) is 3.97. The Kier molecular flexibility index (Phi) is 5.05. The molecular formula is C17H23NSSi. The molecule has 20 heavy (non-hydrogen) atoms. The molecule has 0 aromatic heterocycles. The summed E-state index contributed by atoms with van der Waals surface area (Å²) in [7, 11) is -1.21. The molecule has 0 atom stereocenters. The SMILES string of the molecule is CCCC=Nc1cccc2cccc(S[Si](C)(C)C)c12. The number of hydrogen-bond acceptors (Lipinski definition) is 2. The van der Waals surface area contributed by atoms with Crippen LogP contribution in [0.5, 0.6) is 0 Å². The normalized spacial score (nSPS) is 12.4. The molecule has 0 N–H and O–H groups in total. The number of hydrogen-bond donors (Lipinski definition) is 0. The third-order valence-corrected chi connectivity index (χ3v) is 6.58. The molecule has 2 aromatic rings. The van der Waals surface area contributed by atoms with Crippen LogP contribution < -0.4 is 0 Å². The van der Waals surface area contributed by atoms with Gasteiger partial charge in [-0.1, -0.05) is 57.3 Å². The van der Waals surface area contributed by atoms with Crippen molar-refractivity contribution in [1.82, 2.24) is 0 Å². The topological polar surface area (TPSA) is 12.4 Å². The highest BCUT2D eigenvalue weighted by atomic mass is 32.4. The molecule has 0 fully saturated rings. The molecule has 0 radical (unpaired) electrons. The second kappa shape index (κ2) is 6.59. The Morgan fingerprint density at radius 3 is 2.45 bits per heavy atom. The lowest BCUT2D eigenvalue weighted by Crippen LogP contribution is -2.13. The number of aliphatic imine (C=N–C) groups is 1. The predicted molar refractivity (Wildman–Crippen MR) is 96.2 cm³/mol. The summed E-state index contributed by atoms with van der Waals surface area (Å²) in [6.07, 6.45) is 4.23. The third-order valence-electron chi connectivity index (χ3n) is 2.91. The Labute approximate surface area is 127 Å². The maximum atomic E-state index is 4.69. The summed E-state index contributed by atoms with van der Waals surface area (Å²) in [5.41, 5.74) is 1.11. The summed E-state index contributed by atoms with van der Waals surface area (Å²) in [5.74, 6) is 0. The van der Waals surface area contributed by atoms with Crippen LogP contribution in [0.2, 0.25) is 19.6 Å². The van der Waals surface area contributed by atoms with Crippen molar-refractivity contribution in [1.29, 1.82) is 0 Å². The standard InChI is InChI=1S/C17H23NSSi/c1-5-6-13-18-15-11-7-9-14-10-8-12-16(17(14)15)19-20(2,3)4/h7-13H,5-6H2,1-4H3. The maximum absolute atomic E-state index is 4.69. The molecule has 0 saturated carbocycles. The van der Waals surface area contributed by atoms with Crippen LogP contribution >= 0.6 is 11.2 Å². The second-order valence-electron chi connectivity index (χ2n) is 5.95. The van der Waals surface area contributed by atoms with Crippen molar-refractivity contribution >= 4 is 41.1 Å². The molecule has 0 unspecified atom stereocenters. The van der Waals surface area contributed by atoms with Gasteiger partial charge in [-0.05, 0) is 23.9 Å². The van der Waals surface area contributed by atoms with E-state index in [0.717, 1.165) is 18.5 Å². The first-order chi connectivity index (χ1) is 9.51. The molecule has 2 rings (SSSR count). The molecule has 0 aliphatic rings. The van der Waals surface area contributed by atoms with Crippen LogP contribution in [0.25, 0.3) is 10.8 Å². The lowest BCUT2D eigenvalue weighted by Gasteiger charge is -2.17. The van der Waals surface area contributed by atoms with Gasteiger partial charge in [0.25, 0.3) is 0 Å². The zero-order chi connectivity index (χ0) is 14.6. The van der Waals surface area contributed by atoms with E-state index in [1.54, 1.807) is 0 Å². The minimum absolute atomic E-state index is 1.04. The van der Waals surface area contributed by atoms with E-state index in [1.165, 1.54) is 15.7 Å². The summed E-state index contributed by atoms with van der Waals surface area (Å²) in [6, 6.07) is 13.0.